The maximum atomic E-state index is 11.7. The third-order valence-electron chi connectivity index (χ3n) is 3.05. The van der Waals surface area contributed by atoms with Gasteiger partial charge in [-0.3, -0.25) is 9.63 Å². The van der Waals surface area contributed by atoms with Crippen molar-refractivity contribution in [2.45, 2.75) is 39.0 Å². The van der Waals surface area contributed by atoms with E-state index in [-0.39, 0.29) is 5.91 Å². The highest BCUT2D eigenvalue weighted by Crippen LogP contribution is 2.25. The Morgan fingerprint density at radius 3 is 2.45 bits per heavy atom. The molecule has 1 amide bonds. The molecule has 0 unspecified atom stereocenters. The fourth-order valence-corrected chi connectivity index (χ4v) is 1.90. The van der Waals surface area contributed by atoms with Gasteiger partial charge in [0.15, 0.2) is 0 Å². The van der Waals surface area contributed by atoms with Crippen LogP contribution in [0.1, 0.15) is 44.6 Å². The average Bonchev–Trinajstić information content (AvgIpc) is 2.53. The fraction of sp³-hybridized carbons (Fsp3) is 0.471. The molecule has 3 heteroatoms. The van der Waals surface area contributed by atoms with Gasteiger partial charge in [0.1, 0.15) is 0 Å². The van der Waals surface area contributed by atoms with Gasteiger partial charge in [0.25, 0.3) is 0 Å². The van der Waals surface area contributed by atoms with E-state index in [1.54, 1.807) is 7.05 Å². The zero-order valence-electron chi connectivity index (χ0n) is 13.1. The molecule has 0 aliphatic rings. The van der Waals surface area contributed by atoms with Crippen LogP contribution in [0, 0.1) is 0 Å². The molecule has 1 aromatic carbocycles. The minimum Gasteiger partial charge on any atom is -0.275 e. The fourth-order valence-electron chi connectivity index (χ4n) is 1.90. The molecular formula is C17H27NO2. The third-order valence-corrected chi connectivity index (χ3v) is 3.05. The van der Waals surface area contributed by atoms with E-state index in [9.17, 15) is 4.79 Å². The zero-order valence-corrected chi connectivity index (χ0v) is 13.1. The van der Waals surface area contributed by atoms with Gasteiger partial charge in [-0.2, -0.15) is 0 Å². The first-order valence-electron chi connectivity index (χ1n) is 7.15. The van der Waals surface area contributed by atoms with Crippen molar-refractivity contribution in [1.82, 2.24) is 5.06 Å². The predicted molar refractivity (Wildman–Crippen MR) is 84.4 cm³/mol. The van der Waals surface area contributed by atoms with Gasteiger partial charge in [0.2, 0.25) is 5.91 Å². The van der Waals surface area contributed by atoms with Crippen molar-refractivity contribution in [2.24, 2.45) is 0 Å². The lowest BCUT2D eigenvalue weighted by molar-refractivity contribution is -0.168. The van der Waals surface area contributed by atoms with E-state index in [1.807, 2.05) is 38.1 Å². The highest BCUT2D eigenvalue weighted by Gasteiger charge is 2.14. The van der Waals surface area contributed by atoms with Gasteiger partial charge in [-0.15, -0.1) is 6.58 Å². The van der Waals surface area contributed by atoms with E-state index in [0.717, 1.165) is 12.8 Å². The van der Waals surface area contributed by atoms with Crippen molar-refractivity contribution in [3.63, 3.8) is 0 Å². The quantitative estimate of drug-likeness (QED) is 0.553. The molecule has 0 spiro atoms. The molecule has 20 heavy (non-hydrogen) atoms. The second kappa shape index (κ2) is 11.2. The summed E-state index contributed by atoms with van der Waals surface area (Å²) in [5.41, 5.74) is 1.25. The highest BCUT2D eigenvalue weighted by atomic mass is 16.7. The van der Waals surface area contributed by atoms with Gasteiger partial charge in [0.05, 0.1) is 7.11 Å². The third kappa shape index (κ3) is 6.53. The van der Waals surface area contributed by atoms with Gasteiger partial charge in [0, 0.05) is 13.5 Å². The van der Waals surface area contributed by atoms with E-state index >= 15 is 0 Å². The van der Waals surface area contributed by atoms with Crippen molar-refractivity contribution in [2.75, 3.05) is 14.2 Å². The molecule has 1 atom stereocenters. The summed E-state index contributed by atoms with van der Waals surface area (Å²) in [7, 11) is 3.13. The molecule has 0 aromatic heterocycles. The van der Waals surface area contributed by atoms with E-state index in [4.69, 9.17) is 4.84 Å². The van der Waals surface area contributed by atoms with Crippen LogP contribution in [0.2, 0.25) is 0 Å². The Kier molecular flexibility index (Phi) is 10.3. The number of carbonyl (C=O) groups is 1. The van der Waals surface area contributed by atoms with Crippen LogP contribution in [-0.4, -0.2) is 25.1 Å². The summed E-state index contributed by atoms with van der Waals surface area (Å²) in [5, 5.41) is 1.27. The van der Waals surface area contributed by atoms with Crippen LogP contribution >= 0.6 is 0 Å². The summed E-state index contributed by atoms with van der Waals surface area (Å²) < 4.78 is 0. The van der Waals surface area contributed by atoms with Crippen molar-refractivity contribution in [3.8, 4) is 0 Å². The predicted octanol–water partition coefficient (Wildman–Crippen LogP) is 4.17. The van der Waals surface area contributed by atoms with Crippen LogP contribution in [0.3, 0.4) is 0 Å². The van der Waals surface area contributed by atoms with E-state index in [1.165, 1.54) is 17.7 Å². The van der Waals surface area contributed by atoms with Gasteiger partial charge < -0.3 is 0 Å². The monoisotopic (exact) mass is 277 g/mol. The van der Waals surface area contributed by atoms with Crippen LogP contribution in [0.5, 0.6) is 0 Å². The van der Waals surface area contributed by atoms with Crippen molar-refractivity contribution < 1.29 is 9.63 Å². The highest BCUT2D eigenvalue weighted by molar-refractivity contribution is 5.74. The maximum Gasteiger partial charge on any atom is 0.245 e. The van der Waals surface area contributed by atoms with E-state index in [0.29, 0.717) is 12.3 Å². The Bertz CT molecular complexity index is 376. The van der Waals surface area contributed by atoms with Crippen LogP contribution in [0.4, 0.5) is 0 Å². The number of rotatable bonds is 7. The Morgan fingerprint density at radius 2 is 1.95 bits per heavy atom. The lowest BCUT2D eigenvalue weighted by atomic mass is 9.91. The van der Waals surface area contributed by atoms with Gasteiger partial charge >= 0.3 is 0 Å². The second-order valence-electron chi connectivity index (χ2n) is 4.24. The minimum absolute atomic E-state index is 0.00231. The molecule has 1 aromatic rings. The topological polar surface area (TPSA) is 29.5 Å². The number of hydrogen-bond acceptors (Lipinski definition) is 2. The molecule has 1 rings (SSSR count). The summed E-state index contributed by atoms with van der Waals surface area (Å²) in [5.74, 6) is 0.348. The summed E-state index contributed by atoms with van der Waals surface area (Å²) >= 11 is 0. The molecule has 0 aliphatic heterocycles. The average molecular weight is 277 g/mol. The minimum atomic E-state index is 0.00231. The van der Waals surface area contributed by atoms with Gasteiger partial charge in [-0.05, 0) is 24.3 Å². The summed E-state index contributed by atoms with van der Waals surface area (Å²) in [6.07, 6.45) is 4.08. The molecule has 0 aliphatic carbocycles. The Labute approximate surface area is 123 Å². The number of benzene rings is 1. The smallest absolute Gasteiger partial charge is 0.245 e. The van der Waals surface area contributed by atoms with Gasteiger partial charge in [-0.1, -0.05) is 50.3 Å². The Balaban J connectivity index is 0.00000172. The lowest BCUT2D eigenvalue weighted by Gasteiger charge is -2.18. The number of hydroxylamine groups is 2. The summed E-state index contributed by atoms with van der Waals surface area (Å²) in [4.78, 5) is 16.6. The first kappa shape index (κ1) is 18.4. The van der Waals surface area contributed by atoms with Crippen LogP contribution in [0.25, 0.3) is 0 Å². The molecule has 0 N–H and O–H groups in total. The van der Waals surface area contributed by atoms with Crippen LogP contribution in [-0.2, 0) is 9.63 Å². The van der Waals surface area contributed by atoms with E-state index < -0.39 is 0 Å². The first-order valence-corrected chi connectivity index (χ1v) is 7.15. The molecule has 3 nitrogen and oxygen atoms in total. The zero-order chi connectivity index (χ0) is 15.4. The Hall–Kier alpha value is -1.61. The first-order chi connectivity index (χ1) is 9.69. The molecule has 0 saturated carbocycles. The van der Waals surface area contributed by atoms with Crippen molar-refractivity contribution >= 4 is 5.91 Å². The number of amides is 1. The van der Waals surface area contributed by atoms with Crippen molar-refractivity contribution in [3.05, 3.63) is 48.6 Å². The van der Waals surface area contributed by atoms with Gasteiger partial charge in [-0.25, -0.2) is 5.06 Å². The molecule has 0 saturated heterocycles. The standard InChI is InChI=1S/C15H21NO2.C2H6/c1-4-8-13(14-9-6-5-7-10-14)11-12-15(17)16(2)18-3;1-2/h4-7,9-10,13H,1,8,11-12H2,2-3H3;1-2H3/t13-;/m1./s1. The number of carbonyl (C=O) groups excluding carboxylic acids is 1. The Morgan fingerprint density at radius 1 is 1.35 bits per heavy atom. The van der Waals surface area contributed by atoms with Crippen molar-refractivity contribution in [1.29, 1.82) is 0 Å². The number of allylic oxidation sites excluding steroid dienone is 1. The molecular weight excluding hydrogens is 250 g/mol. The number of nitrogens with zero attached hydrogens (tertiary/aromatic N) is 1. The lowest BCUT2D eigenvalue weighted by Crippen LogP contribution is -2.25. The molecule has 112 valence electrons. The molecule has 0 bridgehead atoms. The normalized spacial score (nSPS) is 11.0. The largest absolute Gasteiger partial charge is 0.275 e. The summed E-state index contributed by atoms with van der Waals surface area (Å²) in [6.45, 7) is 7.78. The second-order valence-corrected chi connectivity index (χ2v) is 4.24. The molecule has 0 radical (unpaired) electrons. The van der Waals surface area contributed by atoms with Crippen LogP contribution < -0.4 is 0 Å². The maximum absolute atomic E-state index is 11.7. The van der Waals surface area contributed by atoms with Crippen LogP contribution in [0.15, 0.2) is 43.0 Å². The molecule has 0 fully saturated rings. The number of hydrogen-bond donors (Lipinski definition) is 0. The SMILES string of the molecule is C=CC[C@H](CCC(=O)N(C)OC)c1ccccc1.CC. The van der Waals surface area contributed by atoms with E-state index in [2.05, 4.69) is 18.7 Å². The molecule has 0 heterocycles. The summed E-state index contributed by atoms with van der Waals surface area (Å²) in [6, 6.07) is 10.2.